The lowest BCUT2D eigenvalue weighted by atomic mass is 10.1. The third-order valence-electron chi connectivity index (χ3n) is 2.59. The van der Waals surface area contributed by atoms with Crippen LogP contribution in [0.3, 0.4) is 0 Å². The predicted molar refractivity (Wildman–Crippen MR) is 86.7 cm³/mol. The third-order valence-corrected chi connectivity index (χ3v) is 3.67. The topological polar surface area (TPSA) is 88.9 Å². The zero-order chi connectivity index (χ0) is 16.9. The largest absolute Gasteiger partial charge is 0.333 e. The van der Waals surface area contributed by atoms with E-state index < -0.39 is 16.8 Å². The molecule has 122 valence electrons. The summed E-state index contributed by atoms with van der Waals surface area (Å²) in [6.07, 6.45) is 1.74. The van der Waals surface area contributed by atoms with Crippen LogP contribution in [0.4, 0.5) is 4.79 Å². The van der Waals surface area contributed by atoms with Crippen molar-refractivity contribution in [3.05, 3.63) is 18.5 Å². The Morgan fingerprint density at radius 3 is 2.59 bits per heavy atom. The second-order valence-electron chi connectivity index (χ2n) is 5.88. The quantitative estimate of drug-likeness (QED) is 0.637. The lowest BCUT2D eigenvalue weighted by molar-refractivity contribution is -0.119. The number of amides is 3. The van der Waals surface area contributed by atoms with Crippen LogP contribution in [0.1, 0.15) is 33.5 Å². The van der Waals surface area contributed by atoms with Gasteiger partial charge in [-0.3, -0.25) is 10.1 Å². The lowest BCUT2D eigenvalue weighted by Crippen LogP contribution is -2.49. The van der Waals surface area contributed by atoms with E-state index >= 15 is 0 Å². The fourth-order valence-electron chi connectivity index (χ4n) is 1.59. The van der Waals surface area contributed by atoms with Crippen LogP contribution >= 0.6 is 11.8 Å². The van der Waals surface area contributed by atoms with E-state index in [2.05, 4.69) is 27.4 Å². The molecule has 0 saturated heterocycles. The Balaban J connectivity index is 2.65. The Hall–Kier alpha value is -1.83. The number of hydrogen-bond acceptors (Lipinski definition) is 5. The Bertz CT molecular complexity index is 562. The van der Waals surface area contributed by atoms with Crippen molar-refractivity contribution in [3.63, 3.8) is 0 Å². The van der Waals surface area contributed by atoms with Gasteiger partial charge in [0.1, 0.15) is 5.82 Å². The maximum atomic E-state index is 12.0. The average Bonchev–Trinajstić information content (AvgIpc) is 2.69. The first-order valence-corrected chi connectivity index (χ1v) is 7.82. The maximum Gasteiger partial charge on any atom is 0.321 e. The van der Waals surface area contributed by atoms with Crippen molar-refractivity contribution in [2.75, 3.05) is 0 Å². The SMILES string of the molecule is C=CCn1c(C)nnc1SC(C)C(=O)NC(=O)NC(C)(C)C. The standard InChI is InChI=1S/C14H23N5O2S/c1-7-8-19-10(3)17-18-13(19)22-9(2)11(20)15-12(21)16-14(4,5)6/h7,9H,1,8H2,2-6H3,(H2,15,16,20,21). The van der Waals surface area contributed by atoms with E-state index in [-0.39, 0.29) is 5.91 Å². The molecule has 22 heavy (non-hydrogen) atoms. The molecule has 1 unspecified atom stereocenters. The molecule has 3 amide bonds. The minimum absolute atomic E-state index is 0.377. The first kappa shape index (κ1) is 18.2. The number of aromatic nitrogens is 3. The molecule has 1 aromatic rings. The van der Waals surface area contributed by atoms with Gasteiger partial charge < -0.3 is 9.88 Å². The molecule has 0 radical (unpaired) electrons. The second kappa shape index (κ2) is 7.44. The highest BCUT2D eigenvalue weighted by atomic mass is 32.2. The highest BCUT2D eigenvalue weighted by Crippen LogP contribution is 2.22. The van der Waals surface area contributed by atoms with Crippen LogP contribution in [0.15, 0.2) is 17.8 Å². The van der Waals surface area contributed by atoms with Gasteiger partial charge in [0, 0.05) is 12.1 Å². The summed E-state index contributed by atoms with van der Waals surface area (Å²) in [5.74, 6) is 0.373. The van der Waals surface area contributed by atoms with Crippen molar-refractivity contribution in [1.82, 2.24) is 25.4 Å². The second-order valence-corrected chi connectivity index (χ2v) is 7.19. The minimum Gasteiger partial charge on any atom is -0.333 e. The minimum atomic E-state index is -0.506. The van der Waals surface area contributed by atoms with Gasteiger partial charge in [-0.15, -0.1) is 16.8 Å². The van der Waals surface area contributed by atoms with Crippen molar-refractivity contribution in [3.8, 4) is 0 Å². The summed E-state index contributed by atoms with van der Waals surface area (Å²) in [6.45, 7) is 13.3. The van der Waals surface area contributed by atoms with Gasteiger partial charge in [-0.2, -0.15) is 0 Å². The van der Waals surface area contributed by atoms with E-state index in [1.807, 2.05) is 32.3 Å². The van der Waals surface area contributed by atoms with E-state index in [4.69, 9.17) is 0 Å². The molecule has 1 heterocycles. The average molecular weight is 325 g/mol. The molecule has 0 saturated carbocycles. The third kappa shape index (κ3) is 5.51. The van der Waals surface area contributed by atoms with E-state index in [1.54, 1.807) is 13.0 Å². The molecule has 1 atom stereocenters. The smallest absolute Gasteiger partial charge is 0.321 e. The van der Waals surface area contributed by atoms with Crippen molar-refractivity contribution in [2.24, 2.45) is 0 Å². The Kier molecular flexibility index (Phi) is 6.16. The van der Waals surface area contributed by atoms with Gasteiger partial charge in [0.25, 0.3) is 0 Å². The number of carbonyl (C=O) groups is 2. The van der Waals surface area contributed by atoms with Crippen LogP contribution in [0.5, 0.6) is 0 Å². The van der Waals surface area contributed by atoms with E-state index in [9.17, 15) is 9.59 Å². The summed E-state index contributed by atoms with van der Waals surface area (Å²) >= 11 is 1.25. The van der Waals surface area contributed by atoms with E-state index in [0.29, 0.717) is 11.7 Å². The van der Waals surface area contributed by atoms with Gasteiger partial charge in [-0.05, 0) is 34.6 Å². The fraction of sp³-hybridized carbons (Fsp3) is 0.571. The number of aryl methyl sites for hydroxylation is 1. The first-order valence-electron chi connectivity index (χ1n) is 6.94. The van der Waals surface area contributed by atoms with Crippen LogP contribution in [0.2, 0.25) is 0 Å². The molecule has 2 N–H and O–H groups in total. The maximum absolute atomic E-state index is 12.0. The number of carbonyl (C=O) groups excluding carboxylic acids is 2. The highest BCUT2D eigenvalue weighted by molar-refractivity contribution is 8.00. The Morgan fingerprint density at radius 1 is 1.41 bits per heavy atom. The molecule has 1 aromatic heterocycles. The predicted octanol–water partition coefficient (Wildman–Crippen LogP) is 1.88. The molecule has 1 rings (SSSR count). The molecule has 0 aliphatic rings. The number of hydrogen-bond donors (Lipinski definition) is 2. The molecular weight excluding hydrogens is 302 g/mol. The first-order chi connectivity index (χ1) is 10.1. The van der Waals surface area contributed by atoms with E-state index in [0.717, 1.165) is 5.82 Å². The van der Waals surface area contributed by atoms with E-state index in [1.165, 1.54) is 11.8 Å². The van der Waals surface area contributed by atoms with Crippen LogP contribution in [-0.2, 0) is 11.3 Å². The summed E-state index contributed by atoms with van der Waals surface area (Å²) in [4.78, 5) is 23.8. The summed E-state index contributed by atoms with van der Waals surface area (Å²) in [7, 11) is 0. The molecule has 0 aliphatic carbocycles. The zero-order valence-electron chi connectivity index (χ0n) is 13.6. The van der Waals surface area contributed by atoms with Gasteiger partial charge in [-0.1, -0.05) is 17.8 Å². The molecule has 7 nitrogen and oxygen atoms in total. The summed E-state index contributed by atoms with van der Waals surface area (Å²) in [5.41, 5.74) is -0.401. The Labute approximate surface area is 134 Å². The number of nitrogens with one attached hydrogen (secondary N) is 2. The molecule has 8 heteroatoms. The molecular formula is C14H23N5O2S. The zero-order valence-corrected chi connectivity index (χ0v) is 14.5. The normalized spacial score (nSPS) is 12.6. The molecule has 0 bridgehead atoms. The number of allylic oxidation sites excluding steroid dienone is 1. The summed E-state index contributed by atoms with van der Waals surface area (Å²) in [6, 6.07) is -0.506. The fourth-order valence-corrected chi connectivity index (χ4v) is 2.49. The number of rotatable bonds is 5. The molecule has 0 fully saturated rings. The summed E-state index contributed by atoms with van der Waals surface area (Å²) < 4.78 is 1.86. The van der Waals surface area contributed by atoms with Crippen LogP contribution in [-0.4, -0.2) is 37.5 Å². The van der Waals surface area contributed by atoms with Gasteiger partial charge in [0.15, 0.2) is 5.16 Å². The monoisotopic (exact) mass is 325 g/mol. The van der Waals surface area contributed by atoms with Gasteiger partial charge >= 0.3 is 6.03 Å². The Morgan fingerprint density at radius 2 is 2.05 bits per heavy atom. The lowest BCUT2D eigenvalue weighted by Gasteiger charge is -2.21. The van der Waals surface area contributed by atoms with Crippen molar-refractivity contribution >= 4 is 23.7 Å². The number of nitrogens with zero attached hydrogens (tertiary/aromatic N) is 3. The number of thioether (sulfide) groups is 1. The van der Waals surface area contributed by atoms with Crippen molar-refractivity contribution in [1.29, 1.82) is 0 Å². The molecule has 0 aromatic carbocycles. The van der Waals surface area contributed by atoms with Crippen LogP contribution < -0.4 is 10.6 Å². The van der Waals surface area contributed by atoms with Crippen LogP contribution in [0.25, 0.3) is 0 Å². The summed E-state index contributed by atoms with van der Waals surface area (Å²) in [5, 5.41) is 13.2. The van der Waals surface area contributed by atoms with Gasteiger partial charge in [0.2, 0.25) is 5.91 Å². The van der Waals surface area contributed by atoms with Crippen molar-refractivity contribution < 1.29 is 9.59 Å². The number of urea groups is 1. The van der Waals surface area contributed by atoms with Crippen molar-refractivity contribution in [2.45, 2.75) is 57.1 Å². The highest BCUT2D eigenvalue weighted by Gasteiger charge is 2.22. The van der Waals surface area contributed by atoms with Crippen LogP contribution in [0, 0.1) is 6.92 Å². The van der Waals surface area contributed by atoms with Gasteiger partial charge in [-0.25, -0.2) is 4.79 Å². The molecule has 0 aliphatic heterocycles. The molecule has 0 spiro atoms. The van der Waals surface area contributed by atoms with Gasteiger partial charge in [0.05, 0.1) is 5.25 Å². The number of imide groups is 1.